The van der Waals surface area contributed by atoms with Crippen molar-refractivity contribution in [2.24, 2.45) is 11.8 Å². The molecule has 2 amide bonds. The monoisotopic (exact) mass is 544 g/mol. The number of aliphatic hydroxyl groups excluding tert-OH is 1. The van der Waals surface area contributed by atoms with Crippen molar-refractivity contribution in [2.45, 2.75) is 63.2 Å². The van der Waals surface area contributed by atoms with E-state index in [-0.39, 0.29) is 38.1 Å². The summed E-state index contributed by atoms with van der Waals surface area (Å²) in [4.78, 5) is 44.8. The minimum absolute atomic E-state index is 0.0190. The molecule has 3 heterocycles. The third-order valence-electron chi connectivity index (χ3n) is 7.95. The zero-order valence-electron chi connectivity index (χ0n) is 21.9. The first kappa shape index (κ1) is 28.3. The second-order valence-corrected chi connectivity index (χ2v) is 10.7. The average molecular weight is 545 g/mol. The van der Waals surface area contributed by atoms with Crippen LogP contribution in [0.25, 0.3) is 0 Å². The molecule has 3 aliphatic heterocycles. The lowest BCUT2D eigenvalue weighted by Crippen LogP contribution is -2.56. The van der Waals surface area contributed by atoms with Crippen LogP contribution in [0.5, 0.6) is 0 Å². The van der Waals surface area contributed by atoms with Gasteiger partial charge in [0.25, 0.3) is 5.91 Å². The number of rotatable bonds is 13. The molecule has 1 aromatic carbocycles. The fourth-order valence-corrected chi connectivity index (χ4v) is 6.69. The summed E-state index contributed by atoms with van der Waals surface area (Å²) >= 11 is 6.57. The Morgan fingerprint density at radius 2 is 2.08 bits per heavy atom. The van der Waals surface area contributed by atoms with Gasteiger partial charge in [0.05, 0.1) is 35.3 Å². The van der Waals surface area contributed by atoms with Crippen molar-refractivity contribution in [3.8, 4) is 0 Å². The standard InChI is InChI=1S/C29H37ClN2O6/c1-4-6-9-18-37-28(36)22-21-13-14-29(38-21)23(22)26(34)32(16-7-8-17-33)25(29)27(35)31(15-5-2)24-19(3)11-10-12-20(24)30/h4-5,10-12,21-23,25,33H,1-2,6-9,13-18H2,3H3/t21-,22+,23-,25?,29?/m0/s1. The van der Waals surface area contributed by atoms with Gasteiger partial charge in [0.15, 0.2) is 0 Å². The van der Waals surface area contributed by atoms with Crippen LogP contribution in [0.15, 0.2) is 43.5 Å². The van der Waals surface area contributed by atoms with Crippen LogP contribution in [-0.4, -0.2) is 71.8 Å². The maximum atomic E-state index is 14.4. The number of hydrogen-bond donors (Lipinski definition) is 1. The number of hydrogen-bond acceptors (Lipinski definition) is 6. The summed E-state index contributed by atoms with van der Waals surface area (Å²) in [6.07, 6.45) is 6.35. The molecule has 0 aliphatic carbocycles. The Morgan fingerprint density at radius 1 is 1.29 bits per heavy atom. The molecule has 2 unspecified atom stereocenters. The minimum Gasteiger partial charge on any atom is -0.465 e. The summed E-state index contributed by atoms with van der Waals surface area (Å²) in [6, 6.07) is 4.49. The second-order valence-electron chi connectivity index (χ2n) is 10.3. The molecule has 0 saturated carbocycles. The number of ether oxygens (including phenoxy) is 2. The van der Waals surface area contributed by atoms with Crippen LogP contribution < -0.4 is 4.90 Å². The number of esters is 1. The number of likely N-dealkylation sites (tertiary alicyclic amines) is 1. The first-order valence-electron chi connectivity index (χ1n) is 13.4. The van der Waals surface area contributed by atoms with Gasteiger partial charge in [0.2, 0.25) is 5.91 Å². The van der Waals surface area contributed by atoms with Gasteiger partial charge >= 0.3 is 5.97 Å². The van der Waals surface area contributed by atoms with E-state index in [9.17, 15) is 19.5 Å². The number of para-hydroxylation sites is 1. The number of benzene rings is 1. The van der Waals surface area contributed by atoms with Crippen molar-refractivity contribution in [1.29, 1.82) is 0 Å². The van der Waals surface area contributed by atoms with E-state index in [0.29, 0.717) is 42.8 Å². The molecule has 0 radical (unpaired) electrons. The third-order valence-corrected chi connectivity index (χ3v) is 8.25. The van der Waals surface area contributed by atoms with E-state index in [2.05, 4.69) is 13.2 Å². The van der Waals surface area contributed by atoms with Gasteiger partial charge in [-0.15, -0.1) is 13.2 Å². The zero-order valence-corrected chi connectivity index (χ0v) is 22.7. The number of unbranched alkanes of at least 4 members (excludes halogenated alkanes) is 2. The number of halogens is 1. The predicted molar refractivity (Wildman–Crippen MR) is 145 cm³/mol. The lowest BCUT2D eigenvalue weighted by atomic mass is 9.70. The molecule has 3 saturated heterocycles. The first-order valence-corrected chi connectivity index (χ1v) is 13.7. The normalized spacial score (nSPS) is 27.3. The van der Waals surface area contributed by atoms with Crippen molar-refractivity contribution in [2.75, 3.05) is 31.2 Å². The molecular formula is C29H37ClN2O6. The fourth-order valence-electron chi connectivity index (χ4n) is 6.36. The maximum absolute atomic E-state index is 14.4. The van der Waals surface area contributed by atoms with Crippen molar-refractivity contribution in [3.63, 3.8) is 0 Å². The molecule has 0 aromatic heterocycles. The highest BCUT2D eigenvalue weighted by Gasteiger charge is 2.75. The Kier molecular flexibility index (Phi) is 8.96. The van der Waals surface area contributed by atoms with Crippen LogP contribution in [0.3, 0.4) is 0 Å². The van der Waals surface area contributed by atoms with Crippen molar-refractivity contribution < 1.29 is 29.0 Å². The molecule has 5 atom stereocenters. The summed E-state index contributed by atoms with van der Waals surface area (Å²) < 4.78 is 12.0. The smallest absolute Gasteiger partial charge is 0.312 e. The number of fused-ring (bicyclic) bond motifs is 1. The molecule has 2 bridgehead atoms. The highest BCUT2D eigenvalue weighted by molar-refractivity contribution is 6.34. The topological polar surface area (TPSA) is 96.4 Å². The van der Waals surface area contributed by atoms with E-state index in [4.69, 9.17) is 21.1 Å². The largest absolute Gasteiger partial charge is 0.465 e. The fraction of sp³-hybridized carbons (Fsp3) is 0.552. The summed E-state index contributed by atoms with van der Waals surface area (Å²) in [6.45, 7) is 10.1. The molecule has 4 rings (SSSR count). The predicted octanol–water partition coefficient (Wildman–Crippen LogP) is 3.82. The average Bonchev–Trinajstić information content (AvgIpc) is 3.53. The Balaban J connectivity index is 1.71. The van der Waals surface area contributed by atoms with E-state index >= 15 is 0 Å². The van der Waals surface area contributed by atoms with Crippen LogP contribution in [0.2, 0.25) is 5.02 Å². The number of anilines is 1. The van der Waals surface area contributed by atoms with E-state index in [1.807, 2.05) is 19.1 Å². The molecular weight excluding hydrogens is 508 g/mol. The number of allylic oxidation sites excluding steroid dienone is 1. The van der Waals surface area contributed by atoms with Crippen LogP contribution in [0.4, 0.5) is 5.69 Å². The minimum atomic E-state index is -1.13. The number of aryl methyl sites for hydroxylation is 1. The Bertz CT molecular complexity index is 1070. The lowest BCUT2D eigenvalue weighted by molar-refractivity contribution is -0.155. The second kappa shape index (κ2) is 12.0. The summed E-state index contributed by atoms with van der Waals surface area (Å²) in [5.74, 6) is -2.60. The number of amides is 2. The van der Waals surface area contributed by atoms with Crippen LogP contribution in [0.1, 0.15) is 44.1 Å². The number of aliphatic hydroxyl groups is 1. The zero-order chi connectivity index (χ0) is 27.4. The third kappa shape index (κ3) is 4.90. The van der Waals surface area contributed by atoms with Gasteiger partial charge < -0.3 is 24.4 Å². The number of carbonyl (C=O) groups excluding carboxylic acids is 3. The molecule has 3 fully saturated rings. The van der Waals surface area contributed by atoms with E-state index < -0.39 is 35.6 Å². The van der Waals surface area contributed by atoms with Gasteiger partial charge in [-0.25, -0.2) is 0 Å². The highest BCUT2D eigenvalue weighted by Crippen LogP contribution is 2.59. The van der Waals surface area contributed by atoms with Crippen LogP contribution in [-0.2, 0) is 23.9 Å². The maximum Gasteiger partial charge on any atom is 0.312 e. The quantitative estimate of drug-likeness (QED) is 0.230. The van der Waals surface area contributed by atoms with E-state index in [0.717, 1.165) is 12.0 Å². The van der Waals surface area contributed by atoms with Crippen molar-refractivity contribution in [3.05, 3.63) is 54.1 Å². The van der Waals surface area contributed by atoms with Gasteiger partial charge in [0.1, 0.15) is 11.6 Å². The molecule has 1 aromatic rings. The molecule has 8 nitrogen and oxygen atoms in total. The molecule has 1 spiro atoms. The van der Waals surface area contributed by atoms with Crippen molar-refractivity contribution in [1.82, 2.24) is 4.90 Å². The molecule has 206 valence electrons. The lowest BCUT2D eigenvalue weighted by Gasteiger charge is -2.37. The Labute approximate surface area is 229 Å². The number of nitrogens with zero attached hydrogens (tertiary/aromatic N) is 2. The van der Waals surface area contributed by atoms with Crippen LogP contribution >= 0.6 is 11.6 Å². The van der Waals surface area contributed by atoms with Gasteiger partial charge in [-0.1, -0.05) is 35.9 Å². The van der Waals surface area contributed by atoms with Gasteiger partial charge in [-0.2, -0.15) is 0 Å². The van der Waals surface area contributed by atoms with Gasteiger partial charge in [-0.05, 0) is 57.1 Å². The number of carbonyl (C=O) groups is 3. The Hall–Kier alpha value is -2.68. The molecule has 9 heteroatoms. The highest BCUT2D eigenvalue weighted by atomic mass is 35.5. The van der Waals surface area contributed by atoms with E-state index in [1.54, 1.807) is 28.0 Å². The van der Waals surface area contributed by atoms with Gasteiger partial charge in [0, 0.05) is 19.7 Å². The summed E-state index contributed by atoms with van der Waals surface area (Å²) in [5, 5.41) is 9.77. The molecule has 38 heavy (non-hydrogen) atoms. The summed E-state index contributed by atoms with van der Waals surface area (Å²) in [7, 11) is 0. The Morgan fingerprint density at radius 3 is 2.76 bits per heavy atom. The first-order chi connectivity index (χ1) is 18.3. The van der Waals surface area contributed by atoms with Crippen LogP contribution in [0, 0.1) is 18.8 Å². The van der Waals surface area contributed by atoms with Gasteiger partial charge in [-0.3, -0.25) is 14.4 Å². The summed E-state index contributed by atoms with van der Waals surface area (Å²) in [5.41, 5.74) is 0.250. The van der Waals surface area contributed by atoms with E-state index in [1.165, 1.54) is 0 Å². The molecule has 3 aliphatic rings. The SMILES string of the molecule is C=CCCCOC(=O)[C@@H]1[C@@H]2CCC3(O2)C(C(=O)N(CC=C)c2c(C)cccc2Cl)N(CCCCO)C(=O)[C@H]13. The van der Waals surface area contributed by atoms with Crippen molar-refractivity contribution >= 4 is 35.1 Å². The molecule has 1 N–H and O–H groups in total.